The monoisotopic (exact) mass is 1450 g/mol. The summed E-state index contributed by atoms with van der Waals surface area (Å²) >= 11 is 0. The molecular formula is C72H96N13O19+. The molecule has 0 bridgehead atoms. The van der Waals surface area contributed by atoms with Gasteiger partial charge in [-0.15, -0.1) is 5.06 Å². The fourth-order valence-electron chi connectivity index (χ4n) is 12.9. The van der Waals surface area contributed by atoms with E-state index < -0.39 is 65.9 Å². The van der Waals surface area contributed by atoms with Gasteiger partial charge in [-0.3, -0.25) is 29.0 Å². The molecule has 0 radical (unpaired) electrons. The van der Waals surface area contributed by atoms with Crippen molar-refractivity contribution < 1.29 is 95.4 Å². The number of anilines is 1. The highest BCUT2D eigenvalue weighted by molar-refractivity contribution is 6.16. The maximum absolute atomic E-state index is 14.0. The number of carbonyl (C=O) groups is 10. The number of likely N-dealkylation sites (N-methyl/N-ethyl adjacent to an activating group) is 2. The van der Waals surface area contributed by atoms with Gasteiger partial charge in [-0.1, -0.05) is 31.2 Å². The minimum Gasteiger partial charge on any atom is -0.449 e. The molecule has 104 heavy (non-hydrogen) atoms. The fourth-order valence-corrected chi connectivity index (χ4v) is 12.9. The highest BCUT2D eigenvalue weighted by Crippen LogP contribution is 2.53. The van der Waals surface area contributed by atoms with E-state index in [9.17, 15) is 47.9 Å². The molecule has 9 rings (SSSR count). The molecule has 0 spiro atoms. The molecule has 3 aliphatic rings. The van der Waals surface area contributed by atoms with Crippen molar-refractivity contribution in [3.63, 3.8) is 0 Å². The number of carbonyl (C=O) groups excluding carboxylic acids is 10. The number of amides is 9. The molecule has 8 N–H and O–H groups in total. The Morgan fingerprint density at radius 2 is 1.42 bits per heavy atom. The summed E-state index contributed by atoms with van der Waals surface area (Å²) in [5, 5.41) is 23.2. The van der Waals surface area contributed by atoms with E-state index in [0.29, 0.717) is 79.9 Å². The smallest absolute Gasteiger partial charge is 0.415 e. The van der Waals surface area contributed by atoms with E-state index in [2.05, 4.69) is 55.4 Å². The van der Waals surface area contributed by atoms with Crippen molar-refractivity contribution in [1.29, 1.82) is 0 Å². The Bertz CT molecular complexity index is 3980. The lowest BCUT2D eigenvalue weighted by atomic mass is 9.89. The molecule has 4 heterocycles. The number of alkyl carbamates (subject to hydrolysis) is 1. The summed E-state index contributed by atoms with van der Waals surface area (Å²) in [4.78, 5) is 142. The molecule has 9 amide bonds. The molecule has 32 heteroatoms. The van der Waals surface area contributed by atoms with E-state index in [4.69, 9.17) is 48.5 Å². The molecule has 2 aliphatic carbocycles. The molecule has 1 saturated carbocycles. The fraction of sp³-hybridized carbons (Fsp3) is 0.542. The first-order valence-electron chi connectivity index (χ1n) is 35.3. The van der Waals surface area contributed by atoms with Gasteiger partial charge < -0.3 is 84.5 Å². The Balaban J connectivity index is 0.619. The summed E-state index contributed by atoms with van der Waals surface area (Å²) < 4.78 is 46.5. The molecule has 562 valence electrons. The van der Waals surface area contributed by atoms with Crippen LogP contribution in [-0.2, 0) is 92.8 Å². The van der Waals surface area contributed by atoms with Crippen molar-refractivity contribution in [2.45, 2.75) is 111 Å². The Morgan fingerprint density at radius 1 is 0.740 bits per heavy atom. The van der Waals surface area contributed by atoms with Crippen molar-refractivity contribution in [2.24, 2.45) is 35.3 Å². The summed E-state index contributed by atoms with van der Waals surface area (Å²) in [6.07, 6.45) is 5.50. The Kier molecular flexibility index (Phi) is 29.0. The van der Waals surface area contributed by atoms with Crippen LogP contribution in [-0.4, -0.2) is 214 Å². The number of urea groups is 1. The SMILES string of the molecule is Cc1c2ccncc2c(C)c2c1[nH]c1ccc(OC(=O)N(C)CCN(C)C(=O)OCc3ccc(NC(=O)[C@H](CCCNC(N)=O)CC(=O)[C@@H](NC(=O)COCC[n+]4[nH]nc5c4CC[C@@H]4C(COC(=O)NCCOCCOCCOCCOCCC(=O)ON6C(=O)CCC6=O)[C@@H]4CC5)C(C)C)cc3)cc12. The number of hydroxylamine groups is 2. The van der Waals surface area contributed by atoms with E-state index >= 15 is 0 Å². The first-order chi connectivity index (χ1) is 50.1. The topological polar surface area (TPSA) is 399 Å². The molecule has 1 unspecified atom stereocenters. The normalized spacial score (nSPS) is 16.1. The van der Waals surface area contributed by atoms with Crippen LogP contribution in [0.4, 0.5) is 24.9 Å². The van der Waals surface area contributed by atoms with E-state index in [0.717, 1.165) is 80.8 Å². The van der Waals surface area contributed by atoms with Crippen LogP contribution in [0.1, 0.15) is 93.3 Å². The lowest BCUT2D eigenvalue weighted by Gasteiger charge is -2.24. The third-order valence-corrected chi connectivity index (χ3v) is 18.8. The van der Waals surface area contributed by atoms with E-state index in [-0.39, 0.29) is 122 Å². The van der Waals surface area contributed by atoms with Crippen LogP contribution < -0.4 is 36.4 Å². The number of aryl methyl sites for hydroxylation is 3. The lowest BCUT2D eigenvalue weighted by molar-refractivity contribution is -0.761. The van der Waals surface area contributed by atoms with Crippen molar-refractivity contribution in [2.75, 3.05) is 118 Å². The number of primary amides is 1. The van der Waals surface area contributed by atoms with Crippen molar-refractivity contribution in [3.05, 3.63) is 89.0 Å². The molecule has 1 aliphatic heterocycles. The van der Waals surface area contributed by atoms with Crippen LogP contribution in [0.25, 0.3) is 32.6 Å². The number of H-pyrrole nitrogens is 2. The van der Waals surface area contributed by atoms with Crippen LogP contribution in [0, 0.1) is 43.4 Å². The molecule has 2 fully saturated rings. The Hall–Kier alpha value is -9.89. The number of rotatable bonds is 40. The van der Waals surface area contributed by atoms with Gasteiger partial charge in [-0.25, -0.2) is 24.0 Å². The molecule has 1 saturated heterocycles. The highest BCUT2D eigenvalue weighted by atomic mass is 16.7. The second-order valence-corrected chi connectivity index (χ2v) is 26.4. The van der Waals surface area contributed by atoms with Gasteiger partial charge in [-0.2, -0.15) is 4.68 Å². The number of pyridine rings is 1. The number of benzene rings is 3. The number of fused-ring (bicyclic) bond motifs is 6. The average Bonchev–Trinajstić information content (AvgIpc) is 1.49. The minimum absolute atomic E-state index is 0.0282. The highest BCUT2D eigenvalue weighted by Gasteiger charge is 2.51. The molecular weight excluding hydrogens is 1350 g/mol. The van der Waals surface area contributed by atoms with Crippen LogP contribution in [0.5, 0.6) is 5.75 Å². The van der Waals surface area contributed by atoms with Gasteiger partial charge in [-0.05, 0) is 122 Å². The zero-order valence-corrected chi connectivity index (χ0v) is 59.8. The van der Waals surface area contributed by atoms with E-state index in [1.807, 2.05) is 29.1 Å². The van der Waals surface area contributed by atoms with Gasteiger partial charge in [0, 0.05) is 123 Å². The van der Waals surface area contributed by atoms with Gasteiger partial charge in [0.2, 0.25) is 17.5 Å². The number of hydrogen-bond acceptors (Lipinski definition) is 21. The summed E-state index contributed by atoms with van der Waals surface area (Å²) in [6, 6.07) is 12.5. The molecule has 6 aromatic rings. The van der Waals surface area contributed by atoms with Crippen molar-refractivity contribution >= 4 is 98.0 Å². The molecule has 32 nitrogen and oxygen atoms in total. The molecule has 3 aromatic heterocycles. The number of hydrogen-bond donors (Lipinski definition) is 7. The first-order valence-corrected chi connectivity index (χ1v) is 35.3. The predicted octanol–water partition coefficient (Wildman–Crippen LogP) is 5.55. The van der Waals surface area contributed by atoms with Crippen LogP contribution in [0.15, 0.2) is 60.9 Å². The van der Waals surface area contributed by atoms with Crippen molar-refractivity contribution in [1.82, 2.24) is 51.1 Å². The van der Waals surface area contributed by atoms with Gasteiger partial charge in [0.05, 0.1) is 84.0 Å². The number of imide groups is 1. The maximum Gasteiger partial charge on any atom is 0.415 e. The number of aromatic amines is 2. The van der Waals surface area contributed by atoms with Gasteiger partial charge in [0.15, 0.2) is 11.5 Å². The lowest BCUT2D eigenvalue weighted by Crippen LogP contribution is -2.47. The number of nitrogens with zero attached hydrogens (tertiary/aromatic N) is 6. The first kappa shape index (κ1) is 78.3. The summed E-state index contributed by atoms with van der Waals surface area (Å²) in [7, 11) is 3.14. The van der Waals surface area contributed by atoms with Crippen LogP contribution >= 0.6 is 0 Å². The number of aromatic nitrogens is 5. The van der Waals surface area contributed by atoms with Gasteiger partial charge in [0.25, 0.3) is 11.8 Å². The number of nitrogens with two attached hydrogens (primary N) is 1. The third-order valence-electron chi connectivity index (χ3n) is 18.8. The van der Waals surface area contributed by atoms with E-state index in [1.165, 1.54) is 9.80 Å². The second kappa shape index (κ2) is 38.6. The van der Waals surface area contributed by atoms with Crippen LogP contribution in [0.2, 0.25) is 0 Å². The summed E-state index contributed by atoms with van der Waals surface area (Å²) in [6.45, 7) is 11.1. The molecule has 3 aromatic carbocycles. The Labute approximate surface area is 601 Å². The van der Waals surface area contributed by atoms with Gasteiger partial charge in [0.1, 0.15) is 25.5 Å². The third kappa shape index (κ3) is 22.3. The number of ether oxygens (including phenoxy) is 8. The summed E-state index contributed by atoms with van der Waals surface area (Å²) in [5.74, 6) is -2.85. The average molecular weight is 1450 g/mol. The number of ketones is 1. The number of nitrogens with one attached hydrogen (secondary N) is 6. The molecule has 5 atom stereocenters. The minimum atomic E-state index is -0.932. The zero-order valence-electron chi connectivity index (χ0n) is 59.8. The summed E-state index contributed by atoms with van der Waals surface area (Å²) in [5.41, 5.74) is 12.5. The van der Waals surface area contributed by atoms with E-state index in [1.54, 1.807) is 64.5 Å². The largest absolute Gasteiger partial charge is 0.449 e. The Morgan fingerprint density at radius 3 is 2.12 bits per heavy atom. The van der Waals surface area contributed by atoms with Crippen molar-refractivity contribution in [3.8, 4) is 5.75 Å². The predicted molar refractivity (Wildman–Crippen MR) is 375 cm³/mol. The zero-order chi connectivity index (χ0) is 74.2. The second-order valence-electron chi connectivity index (χ2n) is 26.4. The quantitative estimate of drug-likeness (QED) is 0.0141. The standard InChI is InChI=1S/C72H95N13O19/c1-44(2)66(79-61(87)43-100-31-28-84-59-18-15-53-52(14-17-58(59)80-81-84)56(53)42-101-70(93)76-25-30-97-33-35-99-37-36-98-34-32-96-29-22-64(90)104-85-62(88)19-20-63(85)89)60(86)38-48(8-7-23-75-69(73)92)68(91)77-49-11-9-47(10-12-49)41-102-71(94)82(5)26-27-83(6)72(95)103-50-13-16-57-54(39-50)65-45(3)55-40-74-24-21-51(55)46(4)67(65)78-57/h9-13,16,21,24,39-40,44,48,52-53,56,66H,7-8,14-15,17-20,22-23,25-38,41-43H2,1-6H3,(H7,73,74,75,76,77,78,79,87,91,92,93)/p+1/t48-,52-,53+,56?,66+/m1/s1. The van der Waals surface area contributed by atoms with Gasteiger partial charge >= 0.3 is 30.3 Å². The number of Topliss-reactive ketones (excluding diaryl/α,β-unsaturated/α-hetero) is 1. The maximum atomic E-state index is 14.0. The van der Waals surface area contributed by atoms with Crippen LogP contribution in [0.3, 0.4) is 0 Å².